The third-order valence-corrected chi connectivity index (χ3v) is 3.15. The zero-order valence-electron chi connectivity index (χ0n) is 13.8. The van der Waals surface area contributed by atoms with E-state index in [1.54, 1.807) is 11.9 Å². The van der Waals surface area contributed by atoms with E-state index in [1.807, 2.05) is 26.8 Å². The quantitative estimate of drug-likeness (QED) is 0.818. The van der Waals surface area contributed by atoms with E-state index < -0.39 is 5.60 Å². The fourth-order valence-electron chi connectivity index (χ4n) is 1.90. The van der Waals surface area contributed by atoms with Crippen LogP contribution in [0.3, 0.4) is 0 Å². The van der Waals surface area contributed by atoms with Crippen LogP contribution in [0, 0.1) is 0 Å². The summed E-state index contributed by atoms with van der Waals surface area (Å²) in [6, 6.07) is 10.4. The Morgan fingerprint density at radius 3 is 2.48 bits per heavy atom. The molecular formula is C17H28N2O2. The lowest BCUT2D eigenvalue weighted by atomic mass is 10.0. The van der Waals surface area contributed by atoms with Gasteiger partial charge in [-0.05, 0) is 32.3 Å². The van der Waals surface area contributed by atoms with Gasteiger partial charge in [-0.1, -0.05) is 37.3 Å². The highest BCUT2D eigenvalue weighted by atomic mass is 16.6. The van der Waals surface area contributed by atoms with Gasteiger partial charge in [0.15, 0.2) is 0 Å². The molecule has 0 bridgehead atoms. The van der Waals surface area contributed by atoms with E-state index in [4.69, 9.17) is 4.74 Å². The molecule has 1 unspecified atom stereocenters. The van der Waals surface area contributed by atoms with Crippen molar-refractivity contribution < 1.29 is 9.53 Å². The highest BCUT2D eigenvalue weighted by Crippen LogP contribution is 2.13. The van der Waals surface area contributed by atoms with Crippen molar-refractivity contribution in [3.8, 4) is 0 Å². The Hall–Kier alpha value is -1.55. The summed E-state index contributed by atoms with van der Waals surface area (Å²) < 4.78 is 5.31. The molecule has 4 heteroatoms. The van der Waals surface area contributed by atoms with Crippen molar-refractivity contribution in [3.63, 3.8) is 0 Å². The molecule has 0 saturated carbocycles. The first-order valence-electron chi connectivity index (χ1n) is 7.49. The number of hydrogen-bond acceptors (Lipinski definition) is 3. The van der Waals surface area contributed by atoms with Gasteiger partial charge < -0.3 is 15.0 Å². The number of likely N-dealkylation sites (N-methyl/N-ethyl adjacent to an activating group) is 1. The lowest BCUT2D eigenvalue weighted by Crippen LogP contribution is -2.38. The van der Waals surface area contributed by atoms with E-state index in [1.165, 1.54) is 5.56 Å². The number of rotatable bonds is 6. The van der Waals surface area contributed by atoms with Crippen LogP contribution in [0.25, 0.3) is 0 Å². The van der Waals surface area contributed by atoms with E-state index >= 15 is 0 Å². The average molecular weight is 292 g/mol. The van der Waals surface area contributed by atoms with Gasteiger partial charge in [0, 0.05) is 26.7 Å². The minimum Gasteiger partial charge on any atom is -0.444 e. The van der Waals surface area contributed by atoms with Gasteiger partial charge in [-0.3, -0.25) is 0 Å². The topological polar surface area (TPSA) is 41.6 Å². The predicted molar refractivity (Wildman–Crippen MR) is 86.6 cm³/mol. The number of hydrogen-bond donors (Lipinski definition) is 1. The second kappa shape index (κ2) is 8.03. The Bertz CT molecular complexity index is 426. The first-order chi connectivity index (χ1) is 9.79. The molecule has 0 aliphatic rings. The number of ether oxygens (including phenoxy) is 1. The average Bonchev–Trinajstić information content (AvgIpc) is 2.42. The monoisotopic (exact) mass is 292 g/mol. The maximum Gasteiger partial charge on any atom is 0.410 e. The fourth-order valence-corrected chi connectivity index (χ4v) is 1.90. The minimum atomic E-state index is -0.444. The molecule has 1 atom stereocenters. The lowest BCUT2D eigenvalue weighted by molar-refractivity contribution is 0.0300. The maximum atomic E-state index is 11.8. The molecule has 0 fully saturated rings. The molecule has 1 aromatic rings. The molecule has 0 spiro atoms. The number of amides is 1. The molecular weight excluding hydrogens is 264 g/mol. The molecule has 0 radical (unpaired) electrons. The highest BCUT2D eigenvalue weighted by molar-refractivity contribution is 5.67. The third kappa shape index (κ3) is 7.14. The van der Waals surface area contributed by atoms with Gasteiger partial charge in [-0.2, -0.15) is 0 Å². The largest absolute Gasteiger partial charge is 0.444 e. The molecule has 1 amide bonds. The summed E-state index contributed by atoms with van der Waals surface area (Å²) in [5.74, 6) is 0.457. The highest BCUT2D eigenvalue weighted by Gasteiger charge is 2.19. The van der Waals surface area contributed by atoms with Gasteiger partial charge in [0.2, 0.25) is 0 Å². The van der Waals surface area contributed by atoms with Crippen molar-refractivity contribution in [3.05, 3.63) is 35.9 Å². The number of benzene rings is 1. The standard InChI is InChI=1S/C17H28N2O2/c1-14(15-9-7-6-8-10-15)13-18-11-12-19(5)16(20)21-17(2,3)4/h6-10,14,18H,11-13H2,1-5H3. The van der Waals surface area contributed by atoms with Crippen LogP contribution in [-0.4, -0.2) is 43.3 Å². The van der Waals surface area contributed by atoms with Crippen LogP contribution in [0.5, 0.6) is 0 Å². The van der Waals surface area contributed by atoms with Crippen LogP contribution in [-0.2, 0) is 4.74 Å². The first kappa shape index (κ1) is 17.5. The van der Waals surface area contributed by atoms with Gasteiger partial charge in [0.25, 0.3) is 0 Å². The van der Waals surface area contributed by atoms with E-state index in [0.717, 1.165) is 13.1 Å². The Morgan fingerprint density at radius 1 is 1.29 bits per heavy atom. The van der Waals surface area contributed by atoms with Gasteiger partial charge in [0.1, 0.15) is 5.60 Å². The maximum absolute atomic E-state index is 11.8. The van der Waals surface area contributed by atoms with Crippen LogP contribution < -0.4 is 5.32 Å². The molecule has 118 valence electrons. The molecule has 21 heavy (non-hydrogen) atoms. The van der Waals surface area contributed by atoms with E-state index in [9.17, 15) is 4.79 Å². The Morgan fingerprint density at radius 2 is 1.90 bits per heavy atom. The molecule has 0 saturated heterocycles. The van der Waals surface area contributed by atoms with Gasteiger partial charge in [-0.25, -0.2) is 4.79 Å². The Kier molecular flexibility index (Phi) is 6.69. The summed E-state index contributed by atoms with van der Waals surface area (Å²) in [6.07, 6.45) is -0.277. The van der Waals surface area contributed by atoms with Gasteiger partial charge >= 0.3 is 6.09 Å². The summed E-state index contributed by atoms with van der Waals surface area (Å²) in [7, 11) is 1.76. The third-order valence-electron chi connectivity index (χ3n) is 3.15. The molecule has 0 aliphatic heterocycles. The summed E-state index contributed by atoms with van der Waals surface area (Å²) in [6.45, 7) is 10.1. The molecule has 1 N–H and O–H groups in total. The summed E-state index contributed by atoms with van der Waals surface area (Å²) in [4.78, 5) is 13.4. The second-order valence-electron chi connectivity index (χ2n) is 6.42. The minimum absolute atomic E-state index is 0.277. The smallest absolute Gasteiger partial charge is 0.410 e. The van der Waals surface area contributed by atoms with Crippen molar-refractivity contribution >= 4 is 6.09 Å². The summed E-state index contributed by atoms with van der Waals surface area (Å²) >= 11 is 0. The molecule has 0 aromatic heterocycles. The zero-order chi connectivity index (χ0) is 15.9. The molecule has 1 aromatic carbocycles. The lowest BCUT2D eigenvalue weighted by Gasteiger charge is -2.24. The van der Waals surface area contributed by atoms with E-state index in [0.29, 0.717) is 12.5 Å². The van der Waals surface area contributed by atoms with Crippen LogP contribution in [0.1, 0.15) is 39.2 Å². The van der Waals surface area contributed by atoms with Crippen LogP contribution in [0.2, 0.25) is 0 Å². The van der Waals surface area contributed by atoms with Gasteiger partial charge in [-0.15, -0.1) is 0 Å². The van der Waals surface area contributed by atoms with Crippen molar-refractivity contribution in [1.82, 2.24) is 10.2 Å². The summed E-state index contributed by atoms with van der Waals surface area (Å²) in [5, 5.41) is 3.38. The van der Waals surface area contributed by atoms with Crippen molar-refractivity contribution in [2.24, 2.45) is 0 Å². The molecule has 1 rings (SSSR count). The number of carbonyl (C=O) groups excluding carboxylic acids is 1. The zero-order valence-corrected chi connectivity index (χ0v) is 13.8. The Balaban J connectivity index is 2.23. The second-order valence-corrected chi connectivity index (χ2v) is 6.42. The van der Waals surface area contributed by atoms with Crippen molar-refractivity contribution in [1.29, 1.82) is 0 Å². The number of nitrogens with zero attached hydrogens (tertiary/aromatic N) is 1. The van der Waals surface area contributed by atoms with Crippen molar-refractivity contribution in [2.75, 3.05) is 26.7 Å². The molecule has 0 heterocycles. The molecule has 0 aliphatic carbocycles. The SMILES string of the molecule is CC(CNCCN(C)C(=O)OC(C)(C)C)c1ccccc1. The van der Waals surface area contributed by atoms with Crippen LogP contribution in [0.4, 0.5) is 4.79 Å². The number of carbonyl (C=O) groups is 1. The molecule has 4 nitrogen and oxygen atoms in total. The van der Waals surface area contributed by atoms with Gasteiger partial charge in [0.05, 0.1) is 0 Å². The number of nitrogens with one attached hydrogen (secondary N) is 1. The predicted octanol–water partition coefficient (Wildman–Crippen LogP) is 3.25. The van der Waals surface area contributed by atoms with Crippen LogP contribution in [0.15, 0.2) is 30.3 Å². The summed E-state index contributed by atoms with van der Waals surface area (Å²) in [5.41, 5.74) is 0.881. The first-order valence-corrected chi connectivity index (χ1v) is 7.49. The Labute approximate surface area is 128 Å². The van der Waals surface area contributed by atoms with Crippen LogP contribution >= 0.6 is 0 Å². The fraction of sp³-hybridized carbons (Fsp3) is 0.588. The van der Waals surface area contributed by atoms with Crippen molar-refractivity contribution in [2.45, 2.75) is 39.2 Å². The normalized spacial score (nSPS) is 12.8. The van der Waals surface area contributed by atoms with E-state index in [-0.39, 0.29) is 6.09 Å². The van der Waals surface area contributed by atoms with E-state index in [2.05, 4.69) is 36.5 Å².